The number of aliphatic hydroxyl groups is 1. The van der Waals surface area contributed by atoms with E-state index in [1.165, 1.54) is 12.8 Å². The van der Waals surface area contributed by atoms with E-state index in [1.807, 2.05) is 25.1 Å². The molecule has 0 heterocycles. The van der Waals surface area contributed by atoms with E-state index in [9.17, 15) is 5.11 Å². The van der Waals surface area contributed by atoms with Crippen LogP contribution in [0.4, 0.5) is 0 Å². The molecule has 2 rings (SSSR count). The lowest BCUT2D eigenvalue weighted by Gasteiger charge is -2.19. The van der Waals surface area contributed by atoms with Crippen LogP contribution < -0.4 is 0 Å². The van der Waals surface area contributed by atoms with Crippen LogP contribution in [-0.2, 0) is 0 Å². The van der Waals surface area contributed by atoms with Crippen molar-refractivity contribution in [3.63, 3.8) is 0 Å². The first-order valence-corrected chi connectivity index (χ1v) is 6.01. The molecule has 1 saturated carbocycles. The molecule has 1 atom stereocenters. The molecule has 1 fully saturated rings. The number of aryl methyl sites for hydroxylation is 1. The molecule has 0 aliphatic heterocycles. The second kappa shape index (κ2) is 4.54. The zero-order chi connectivity index (χ0) is 10.8. The van der Waals surface area contributed by atoms with Gasteiger partial charge in [-0.2, -0.15) is 0 Å². The van der Waals surface area contributed by atoms with E-state index in [0.717, 1.165) is 29.0 Å². The molecule has 0 aromatic heterocycles. The summed E-state index contributed by atoms with van der Waals surface area (Å²) in [4.78, 5) is 0. The third-order valence-corrected chi connectivity index (χ3v) is 3.90. The highest BCUT2D eigenvalue weighted by Gasteiger charge is 2.26. The number of benzene rings is 1. The first-order valence-electron chi connectivity index (χ1n) is 5.63. The summed E-state index contributed by atoms with van der Waals surface area (Å²) in [6, 6.07) is 5.89. The molecule has 1 aromatic carbocycles. The highest BCUT2D eigenvalue weighted by molar-refractivity contribution is 6.32. The van der Waals surface area contributed by atoms with Crippen LogP contribution in [0, 0.1) is 12.8 Å². The lowest BCUT2D eigenvalue weighted by atomic mass is 9.93. The number of hydrogen-bond donors (Lipinski definition) is 1. The van der Waals surface area contributed by atoms with Crippen molar-refractivity contribution in [3.8, 4) is 0 Å². The Morgan fingerprint density at radius 3 is 2.67 bits per heavy atom. The maximum absolute atomic E-state index is 10.2. The maximum Gasteiger partial charge on any atom is 0.0832 e. The van der Waals surface area contributed by atoms with Gasteiger partial charge in [0.25, 0.3) is 0 Å². The van der Waals surface area contributed by atoms with E-state index < -0.39 is 0 Å². The minimum absolute atomic E-state index is 0.375. The summed E-state index contributed by atoms with van der Waals surface area (Å²) in [5.41, 5.74) is 1.95. The van der Waals surface area contributed by atoms with Crippen LogP contribution in [0.1, 0.15) is 42.9 Å². The zero-order valence-corrected chi connectivity index (χ0v) is 9.80. The molecular formula is C13H17ClO. The van der Waals surface area contributed by atoms with Gasteiger partial charge in [-0.25, -0.2) is 0 Å². The highest BCUT2D eigenvalue weighted by Crippen LogP contribution is 2.38. The molecule has 15 heavy (non-hydrogen) atoms. The quantitative estimate of drug-likeness (QED) is 0.809. The largest absolute Gasteiger partial charge is 0.388 e. The van der Waals surface area contributed by atoms with Gasteiger partial charge in [0.2, 0.25) is 0 Å². The van der Waals surface area contributed by atoms with Gasteiger partial charge in [-0.1, -0.05) is 42.6 Å². The van der Waals surface area contributed by atoms with Gasteiger partial charge in [-0.05, 0) is 36.8 Å². The standard InChI is InChI=1S/C13H17ClO/c1-9-5-4-8-11(12(9)14)13(15)10-6-2-3-7-10/h4-5,8,10,13,15H,2-3,6-7H2,1H3. The minimum Gasteiger partial charge on any atom is -0.388 e. The third kappa shape index (κ3) is 2.19. The van der Waals surface area contributed by atoms with Crippen LogP contribution in [0.3, 0.4) is 0 Å². The molecule has 1 N–H and O–H groups in total. The van der Waals surface area contributed by atoms with Crippen molar-refractivity contribution in [2.45, 2.75) is 38.7 Å². The van der Waals surface area contributed by atoms with E-state index in [-0.39, 0.29) is 6.10 Å². The summed E-state index contributed by atoms with van der Waals surface area (Å²) in [7, 11) is 0. The predicted molar refractivity (Wildman–Crippen MR) is 63.1 cm³/mol. The van der Waals surface area contributed by atoms with Gasteiger partial charge < -0.3 is 5.11 Å². The molecule has 0 radical (unpaired) electrons. The number of rotatable bonds is 2. The second-order valence-electron chi connectivity index (χ2n) is 4.47. The van der Waals surface area contributed by atoms with Crippen LogP contribution in [0.15, 0.2) is 18.2 Å². The van der Waals surface area contributed by atoms with Crippen LogP contribution >= 0.6 is 11.6 Å². The summed E-state index contributed by atoms with van der Waals surface area (Å²) in [5.74, 6) is 0.407. The van der Waals surface area contributed by atoms with Gasteiger partial charge in [0.15, 0.2) is 0 Å². The van der Waals surface area contributed by atoms with Gasteiger partial charge in [0.05, 0.1) is 6.10 Å². The normalized spacial score (nSPS) is 19.4. The lowest BCUT2D eigenvalue weighted by molar-refractivity contribution is 0.111. The SMILES string of the molecule is Cc1cccc(C(O)C2CCCC2)c1Cl. The predicted octanol–water partition coefficient (Wildman–Crippen LogP) is 3.87. The number of halogens is 1. The smallest absolute Gasteiger partial charge is 0.0832 e. The summed E-state index contributed by atoms with van der Waals surface area (Å²) < 4.78 is 0. The molecule has 0 spiro atoms. The van der Waals surface area contributed by atoms with Crippen molar-refractivity contribution in [2.75, 3.05) is 0 Å². The summed E-state index contributed by atoms with van der Waals surface area (Å²) in [5, 5.41) is 11.0. The molecule has 0 amide bonds. The van der Waals surface area contributed by atoms with E-state index in [1.54, 1.807) is 0 Å². The monoisotopic (exact) mass is 224 g/mol. The van der Waals surface area contributed by atoms with Crippen LogP contribution in [-0.4, -0.2) is 5.11 Å². The molecule has 1 aromatic rings. The number of hydrogen-bond acceptors (Lipinski definition) is 1. The van der Waals surface area contributed by atoms with Crippen molar-refractivity contribution in [1.82, 2.24) is 0 Å². The van der Waals surface area contributed by atoms with Crippen molar-refractivity contribution in [3.05, 3.63) is 34.3 Å². The summed E-state index contributed by atoms with van der Waals surface area (Å²) >= 11 is 6.21. The Morgan fingerprint density at radius 2 is 2.00 bits per heavy atom. The van der Waals surface area contributed by atoms with Gasteiger partial charge in [-0.15, -0.1) is 0 Å². The molecule has 1 unspecified atom stereocenters. The summed E-state index contributed by atoms with van der Waals surface area (Å²) in [6.07, 6.45) is 4.37. The van der Waals surface area contributed by atoms with Gasteiger partial charge >= 0.3 is 0 Å². The Morgan fingerprint density at radius 1 is 1.33 bits per heavy atom. The Balaban J connectivity index is 2.24. The van der Waals surface area contributed by atoms with Crippen LogP contribution in [0.2, 0.25) is 5.02 Å². The van der Waals surface area contributed by atoms with Crippen molar-refractivity contribution < 1.29 is 5.11 Å². The molecule has 1 aliphatic carbocycles. The molecule has 0 saturated heterocycles. The topological polar surface area (TPSA) is 20.2 Å². The first kappa shape index (κ1) is 11.0. The van der Waals surface area contributed by atoms with E-state index in [4.69, 9.17) is 11.6 Å². The lowest BCUT2D eigenvalue weighted by Crippen LogP contribution is -2.09. The van der Waals surface area contributed by atoms with E-state index >= 15 is 0 Å². The van der Waals surface area contributed by atoms with Gasteiger partial charge in [-0.3, -0.25) is 0 Å². The van der Waals surface area contributed by atoms with Crippen molar-refractivity contribution in [2.24, 2.45) is 5.92 Å². The van der Waals surface area contributed by atoms with Crippen LogP contribution in [0.25, 0.3) is 0 Å². The first-order chi connectivity index (χ1) is 7.20. The fraction of sp³-hybridized carbons (Fsp3) is 0.538. The zero-order valence-electron chi connectivity index (χ0n) is 9.04. The molecule has 2 heteroatoms. The number of aliphatic hydroxyl groups excluding tert-OH is 1. The van der Waals surface area contributed by atoms with Crippen molar-refractivity contribution in [1.29, 1.82) is 0 Å². The van der Waals surface area contributed by atoms with E-state index in [0.29, 0.717) is 5.92 Å². The molecule has 82 valence electrons. The third-order valence-electron chi connectivity index (χ3n) is 3.39. The van der Waals surface area contributed by atoms with Crippen molar-refractivity contribution >= 4 is 11.6 Å². The average molecular weight is 225 g/mol. The Labute approximate surface area is 96.1 Å². The fourth-order valence-electron chi connectivity index (χ4n) is 2.43. The Hall–Kier alpha value is -0.530. The van der Waals surface area contributed by atoms with Gasteiger partial charge in [0.1, 0.15) is 0 Å². The molecule has 1 nitrogen and oxygen atoms in total. The van der Waals surface area contributed by atoms with E-state index in [2.05, 4.69) is 0 Å². The Bertz CT molecular complexity index is 342. The highest BCUT2D eigenvalue weighted by atomic mass is 35.5. The maximum atomic E-state index is 10.2. The molecular weight excluding hydrogens is 208 g/mol. The minimum atomic E-state index is -0.375. The average Bonchev–Trinajstić information content (AvgIpc) is 2.74. The Kier molecular flexibility index (Phi) is 3.32. The summed E-state index contributed by atoms with van der Waals surface area (Å²) in [6.45, 7) is 1.98. The molecule has 0 bridgehead atoms. The second-order valence-corrected chi connectivity index (χ2v) is 4.85. The van der Waals surface area contributed by atoms with Crippen LogP contribution in [0.5, 0.6) is 0 Å². The van der Waals surface area contributed by atoms with Gasteiger partial charge in [0, 0.05) is 5.02 Å². The molecule has 1 aliphatic rings. The fourth-order valence-corrected chi connectivity index (χ4v) is 2.66.